The standard InChI is InChI=1S/C14H17BrN2O3/c1-9-5-4-6-10(13(9)17(19)20)14(18)16-12-8-3-2-7-11(12)15/h4-6,11-12H,2-3,7-8H2,1H3,(H,16,18). The van der Waals surface area contributed by atoms with Crippen molar-refractivity contribution in [1.82, 2.24) is 5.32 Å². The molecule has 0 bridgehead atoms. The van der Waals surface area contributed by atoms with Gasteiger partial charge in [-0.3, -0.25) is 14.9 Å². The van der Waals surface area contributed by atoms with Crippen LogP contribution in [-0.4, -0.2) is 21.7 Å². The van der Waals surface area contributed by atoms with Crippen LogP contribution in [-0.2, 0) is 0 Å². The quantitative estimate of drug-likeness (QED) is 0.521. The number of alkyl halides is 1. The first kappa shape index (κ1) is 15.0. The van der Waals surface area contributed by atoms with Gasteiger partial charge in [-0.25, -0.2) is 0 Å². The third-order valence-corrected chi connectivity index (χ3v) is 4.76. The molecule has 1 aliphatic carbocycles. The molecule has 20 heavy (non-hydrogen) atoms. The van der Waals surface area contributed by atoms with Crippen molar-refractivity contribution in [3.63, 3.8) is 0 Å². The molecular formula is C14H17BrN2O3. The smallest absolute Gasteiger partial charge is 0.285 e. The lowest BCUT2D eigenvalue weighted by Gasteiger charge is -2.28. The fraction of sp³-hybridized carbons (Fsp3) is 0.500. The lowest BCUT2D eigenvalue weighted by Crippen LogP contribution is -2.42. The summed E-state index contributed by atoms with van der Waals surface area (Å²) in [5.74, 6) is -0.364. The summed E-state index contributed by atoms with van der Waals surface area (Å²) in [6, 6.07) is 4.86. The van der Waals surface area contributed by atoms with Gasteiger partial charge in [0.05, 0.1) is 4.92 Å². The third-order valence-electron chi connectivity index (χ3n) is 3.66. The first-order valence-corrected chi connectivity index (χ1v) is 7.61. The average molecular weight is 341 g/mol. The summed E-state index contributed by atoms with van der Waals surface area (Å²) < 4.78 is 0. The van der Waals surface area contributed by atoms with Crippen LogP contribution in [0.1, 0.15) is 41.6 Å². The van der Waals surface area contributed by atoms with Gasteiger partial charge in [-0.2, -0.15) is 0 Å². The number of hydrogen-bond donors (Lipinski definition) is 1. The number of aryl methyl sites for hydroxylation is 1. The van der Waals surface area contributed by atoms with Gasteiger partial charge in [0, 0.05) is 16.4 Å². The molecule has 1 aromatic carbocycles. The van der Waals surface area contributed by atoms with E-state index in [1.807, 2.05) is 0 Å². The summed E-state index contributed by atoms with van der Waals surface area (Å²) >= 11 is 3.57. The normalized spacial score (nSPS) is 22.3. The van der Waals surface area contributed by atoms with Crippen LogP contribution >= 0.6 is 15.9 Å². The largest absolute Gasteiger partial charge is 0.348 e. The molecule has 2 unspecified atom stereocenters. The van der Waals surface area contributed by atoms with Crippen molar-refractivity contribution in [1.29, 1.82) is 0 Å². The van der Waals surface area contributed by atoms with Crippen LogP contribution in [0.25, 0.3) is 0 Å². The Morgan fingerprint density at radius 2 is 2.10 bits per heavy atom. The van der Waals surface area contributed by atoms with Gasteiger partial charge < -0.3 is 5.32 Å². The summed E-state index contributed by atoms with van der Waals surface area (Å²) in [4.78, 5) is 23.2. The number of nitrogens with zero attached hydrogens (tertiary/aromatic N) is 1. The molecule has 1 fully saturated rings. The number of amides is 1. The van der Waals surface area contributed by atoms with Crippen LogP contribution in [0.15, 0.2) is 18.2 Å². The molecule has 0 saturated heterocycles. The van der Waals surface area contributed by atoms with Crippen molar-refractivity contribution in [2.24, 2.45) is 0 Å². The van der Waals surface area contributed by atoms with Gasteiger partial charge in [0.25, 0.3) is 11.6 Å². The zero-order valence-electron chi connectivity index (χ0n) is 11.3. The summed E-state index contributed by atoms with van der Waals surface area (Å²) in [5, 5.41) is 14.0. The van der Waals surface area contributed by atoms with E-state index in [9.17, 15) is 14.9 Å². The maximum absolute atomic E-state index is 12.3. The molecule has 0 aliphatic heterocycles. The number of nitro groups is 1. The maximum Gasteiger partial charge on any atom is 0.285 e. The summed E-state index contributed by atoms with van der Waals surface area (Å²) in [6.07, 6.45) is 4.14. The molecule has 0 spiro atoms. The van der Waals surface area contributed by atoms with Crippen LogP contribution in [0.5, 0.6) is 0 Å². The number of rotatable bonds is 3. The van der Waals surface area contributed by atoms with Gasteiger partial charge in [-0.1, -0.05) is 40.9 Å². The van der Waals surface area contributed by atoms with Gasteiger partial charge in [-0.15, -0.1) is 0 Å². The SMILES string of the molecule is Cc1cccc(C(=O)NC2CCCCC2Br)c1[N+](=O)[O-]. The van der Waals surface area contributed by atoms with E-state index >= 15 is 0 Å². The number of benzene rings is 1. The Bertz CT molecular complexity index is 533. The number of nitrogens with one attached hydrogen (secondary N) is 1. The number of hydrogen-bond acceptors (Lipinski definition) is 3. The van der Waals surface area contributed by atoms with E-state index in [0.717, 1.165) is 25.7 Å². The van der Waals surface area contributed by atoms with Crippen LogP contribution in [0.3, 0.4) is 0 Å². The highest BCUT2D eigenvalue weighted by Gasteiger charge is 2.28. The molecule has 0 radical (unpaired) electrons. The van der Waals surface area contributed by atoms with Crippen LogP contribution in [0, 0.1) is 17.0 Å². The molecule has 1 N–H and O–H groups in total. The van der Waals surface area contributed by atoms with Crippen LogP contribution in [0.4, 0.5) is 5.69 Å². The Morgan fingerprint density at radius 3 is 2.75 bits per heavy atom. The molecule has 6 heteroatoms. The number of carbonyl (C=O) groups is 1. The van der Waals surface area contributed by atoms with Crippen LogP contribution in [0.2, 0.25) is 0 Å². The minimum atomic E-state index is -0.489. The minimum Gasteiger partial charge on any atom is -0.348 e. The Labute approximate surface area is 126 Å². The lowest BCUT2D eigenvalue weighted by atomic mass is 9.95. The van der Waals surface area contributed by atoms with Gasteiger partial charge in [0.2, 0.25) is 0 Å². The monoisotopic (exact) mass is 340 g/mol. The Morgan fingerprint density at radius 1 is 1.40 bits per heavy atom. The second-order valence-electron chi connectivity index (χ2n) is 5.11. The molecule has 0 heterocycles. The van der Waals surface area contributed by atoms with Crippen molar-refractivity contribution >= 4 is 27.5 Å². The molecule has 5 nitrogen and oxygen atoms in total. The predicted molar refractivity (Wildman–Crippen MR) is 80.3 cm³/mol. The van der Waals surface area contributed by atoms with E-state index in [2.05, 4.69) is 21.2 Å². The maximum atomic E-state index is 12.3. The molecule has 1 saturated carbocycles. The highest BCUT2D eigenvalue weighted by Crippen LogP contribution is 2.27. The van der Waals surface area contributed by atoms with Gasteiger partial charge in [0.1, 0.15) is 5.56 Å². The topological polar surface area (TPSA) is 72.2 Å². The van der Waals surface area contributed by atoms with E-state index < -0.39 is 4.92 Å². The number of para-hydroxylation sites is 1. The first-order chi connectivity index (χ1) is 9.50. The third kappa shape index (κ3) is 3.17. The van der Waals surface area contributed by atoms with Crippen molar-refractivity contribution in [2.45, 2.75) is 43.5 Å². The second-order valence-corrected chi connectivity index (χ2v) is 6.28. The highest BCUT2D eigenvalue weighted by atomic mass is 79.9. The summed E-state index contributed by atoms with van der Waals surface area (Å²) in [5.41, 5.74) is 0.536. The molecular weight excluding hydrogens is 324 g/mol. The fourth-order valence-corrected chi connectivity index (χ4v) is 3.30. The average Bonchev–Trinajstić information content (AvgIpc) is 2.40. The van der Waals surface area contributed by atoms with Crippen molar-refractivity contribution in [3.8, 4) is 0 Å². The fourth-order valence-electron chi connectivity index (χ4n) is 2.58. The van der Waals surface area contributed by atoms with Gasteiger partial charge in [0.15, 0.2) is 0 Å². The Balaban J connectivity index is 2.21. The summed E-state index contributed by atoms with van der Waals surface area (Å²) in [7, 11) is 0. The van der Waals surface area contributed by atoms with Crippen LogP contribution < -0.4 is 5.32 Å². The van der Waals surface area contributed by atoms with E-state index in [4.69, 9.17) is 0 Å². The van der Waals surface area contributed by atoms with Gasteiger partial charge >= 0.3 is 0 Å². The van der Waals surface area contributed by atoms with E-state index in [-0.39, 0.29) is 28.0 Å². The van der Waals surface area contributed by atoms with E-state index in [1.54, 1.807) is 19.1 Å². The zero-order valence-corrected chi connectivity index (χ0v) is 12.9. The van der Waals surface area contributed by atoms with Gasteiger partial charge in [-0.05, 0) is 25.8 Å². The molecule has 1 aliphatic rings. The first-order valence-electron chi connectivity index (χ1n) is 6.69. The highest BCUT2D eigenvalue weighted by molar-refractivity contribution is 9.09. The van der Waals surface area contributed by atoms with E-state index in [0.29, 0.717) is 5.56 Å². The zero-order chi connectivity index (χ0) is 14.7. The van der Waals surface area contributed by atoms with E-state index in [1.165, 1.54) is 6.07 Å². The lowest BCUT2D eigenvalue weighted by molar-refractivity contribution is -0.385. The predicted octanol–water partition coefficient (Wildman–Crippen LogP) is 3.34. The molecule has 1 aromatic rings. The van der Waals surface area contributed by atoms with Crippen molar-refractivity contribution < 1.29 is 9.72 Å². The molecule has 0 aromatic heterocycles. The number of halogens is 1. The molecule has 108 valence electrons. The number of carbonyl (C=O) groups excluding carboxylic acids is 1. The Kier molecular flexibility index (Phi) is 4.75. The number of nitro benzene ring substituents is 1. The summed E-state index contributed by atoms with van der Waals surface area (Å²) in [6.45, 7) is 1.64. The molecule has 2 atom stereocenters. The second kappa shape index (κ2) is 6.35. The minimum absolute atomic E-state index is 0.0383. The Hall–Kier alpha value is -1.43. The molecule has 1 amide bonds. The van der Waals surface area contributed by atoms with Crippen molar-refractivity contribution in [3.05, 3.63) is 39.4 Å². The van der Waals surface area contributed by atoms with Crippen molar-refractivity contribution in [2.75, 3.05) is 0 Å². The molecule has 2 rings (SSSR count).